The maximum absolute atomic E-state index is 12.6. The molecule has 1 N–H and O–H groups in total. The molecule has 29 heavy (non-hydrogen) atoms. The third-order valence-corrected chi connectivity index (χ3v) is 5.09. The van der Waals surface area contributed by atoms with Crippen LogP contribution in [0.1, 0.15) is 23.6 Å². The standard InChI is InChI=1S/C21H22ClN3O4/c1-11-8-15(6-7-17(11)27-5)19-20(25-29-24-19)23-21(26)14(4)28-16-9-12(2)18(22)13(3)10-16/h6-10,14H,1-5H3,(H,23,25,26)/t14-/m1/s1. The quantitative estimate of drug-likeness (QED) is 0.626. The number of carbonyl (C=O) groups is 1. The number of methoxy groups -OCH3 is 1. The average molecular weight is 416 g/mol. The molecule has 0 aliphatic heterocycles. The molecule has 0 fully saturated rings. The molecule has 0 radical (unpaired) electrons. The summed E-state index contributed by atoms with van der Waals surface area (Å²) in [5, 5.41) is 11.1. The molecule has 2 aromatic carbocycles. The van der Waals surface area contributed by atoms with E-state index in [9.17, 15) is 4.79 Å². The predicted octanol–water partition coefficient (Wildman–Crippen LogP) is 4.73. The molecule has 3 aromatic rings. The van der Waals surface area contributed by atoms with Crippen molar-refractivity contribution in [2.75, 3.05) is 12.4 Å². The maximum Gasteiger partial charge on any atom is 0.266 e. The van der Waals surface area contributed by atoms with Crippen LogP contribution in [0.4, 0.5) is 5.82 Å². The van der Waals surface area contributed by atoms with Crippen molar-refractivity contribution in [3.63, 3.8) is 0 Å². The number of ether oxygens (including phenoxy) is 2. The molecule has 3 rings (SSSR count). The summed E-state index contributed by atoms with van der Waals surface area (Å²) < 4.78 is 15.9. The van der Waals surface area contributed by atoms with Crippen LogP contribution in [-0.4, -0.2) is 29.4 Å². The van der Waals surface area contributed by atoms with Crippen LogP contribution in [0.3, 0.4) is 0 Å². The van der Waals surface area contributed by atoms with E-state index in [1.165, 1.54) is 0 Å². The van der Waals surface area contributed by atoms with Crippen molar-refractivity contribution >= 4 is 23.3 Å². The molecule has 1 aromatic heterocycles. The van der Waals surface area contributed by atoms with Gasteiger partial charge in [0, 0.05) is 10.6 Å². The number of rotatable bonds is 6. The van der Waals surface area contributed by atoms with E-state index in [1.54, 1.807) is 26.2 Å². The van der Waals surface area contributed by atoms with Crippen molar-refractivity contribution in [2.45, 2.75) is 33.8 Å². The number of anilines is 1. The van der Waals surface area contributed by atoms with Gasteiger partial charge in [-0.2, -0.15) is 0 Å². The number of halogens is 1. The summed E-state index contributed by atoms with van der Waals surface area (Å²) in [5.41, 5.74) is 3.86. The fourth-order valence-corrected chi connectivity index (χ4v) is 3.04. The van der Waals surface area contributed by atoms with Crippen molar-refractivity contribution in [1.82, 2.24) is 10.3 Å². The molecule has 0 unspecified atom stereocenters. The van der Waals surface area contributed by atoms with Crippen molar-refractivity contribution in [1.29, 1.82) is 0 Å². The zero-order valence-corrected chi connectivity index (χ0v) is 17.6. The van der Waals surface area contributed by atoms with Gasteiger partial charge in [0.05, 0.1) is 7.11 Å². The highest BCUT2D eigenvalue weighted by molar-refractivity contribution is 6.32. The Morgan fingerprint density at radius 2 is 1.79 bits per heavy atom. The van der Waals surface area contributed by atoms with Gasteiger partial charge in [0.1, 0.15) is 11.5 Å². The molecular weight excluding hydrogens is 394 g/mol. The summed E-state index contributed by atoms with van der Waals surface area (Å²) in [6.07, 6.45) is -0.767. The monoisotopic (exact) mass is 415 g/mol. The van der Waals surface area contributed by atoms with Crippen molar-refractivity contribution < 1.29 is 18.9 Å². The number of nitrogens with zero attached hydrogens (tertiary/aromatic N) is 2. The van der Waals surface area contributed by atoms with Gasteiger partial charge < -0.3 is 14.8 Å². The molecule has 1 amide bonds. The molecule has 8 heteroatoms. The minimum Gasteiger partial charge on any atom is -0.496 e. The topological polar surface area (TPSA) is 86.5 Å². The number of aryl methyl sites for hydroxylation is 3. The van der Waals surface area contributed by atoms with E-state index in [0.717, 1.165) is 28.0 Å². The van der Waals surface area contributed by atoms with Gasteiger partial charge in [0.15, 0.2) is 11.8 Å². The predicted molar refractivity (Wildman–Crippen MR) is 111 cm³/mol. The second-order valence-corrected chi connectivity index (χ2v) is 7.14. The van der Waals surface area contributed by atoms with E-state index in [-0.39, 0.29) is 11.7 Å². The first-order valence-electron chi connectivity index (χ1n) is 9.02. The van der Waals surface area contributed by atoms with Gasteiger partial charge >= 0.3 is 0 Å². The van der Waals surface area contributed by atoms with Gasteiger partial charge in [-0.1, -0.05) is 11.6 Å². The van der Waals surface area contributed by atoms with Gasteiger partial charge in [-0.25, -0.2) is 4.63 Å². The van der Waals surface area contributed by atoms with E-state index in [1.807, 2.05) is 39.0 Å². The Balaban J connectivity index is 1.75. The number of nitrogens with one attached hydrogen (secondary N) is 1. The van der Waals surface area contributed by atoms with Gasteiger partial charge in [-0.15, -0.1) is 0 Å². The Hall–Kier alpha value is -3.06. The third kappa shape index (κ3) is 4.51. The number of carbonyl (C=O) groups excluding carboxylic acids is 1. The van der Waals surface area contributed by atoms with E-state index in [4.69, 9.17) is 25.7 Å². The average Bonchev–Trinajstić information content (AvgIpc) is 3.14. The normalized spacial score (nSPS) is 11.8. The lowest BCUT2D eigenvalue weighted by Gasteiger charge is -2.15. The highest BCUT2D eigenvalue weighted by Crippen LogP contribution is 2.29. The number of hydrogen-bond acceptors (Lipinski definition) is 6. The molecule has 0 saturated carbocycles. The molecule has 152 valence electrons. The second-order valence-electron chi connectivity index (χ2n) is 6.77. The summed E-state index contributed by atoms with van der Waals surface area (Å²) in [6.45, 7) is 7.34. The van der Waals surface area contributed by atoms with E-state index >= 15 is 0 Å². The number of aromatic nitrogens is 2. The van der Waals surface area contributed by atoms with Crippen LogP contribution in [0.25, 0.3) is 11.3 Å². The number of benzene rings is 2. The van der Waals surface area contributed by atoms with E-state index in [2.05, 4.69) is 15.6 Å². The number of hydrogen-bond donors (Lipinski definition) is 1. The Labute approximate surface area is 173 Å². The lowest BCUT2D eigenvalue weighted by atomic mass is 10.1. The molecule has 1 heterocycles. The van der Waals surface area contributed by atoms with Crippen molar-refractivity contribution in [2.24, 2.45) is 0 Å². The van der Waals surface area contributed by atoms with Gasteiger partial charge in [0.25, 0.3) is 5.91 Å². The Bertz CT molecular complexity index is 1030. The summed E-state index contributed by atoms with van der Waals surface area (Å²) >= 11 is 6.18. The molecule has 1 atom stereocenters. The fourth-order valence-electron chi connectivity index (χ4n) is 2.94. The maximum atomic E-state index is 12.6. The van der Waals surface area contributed by atoms with Crippen molar-refractivity contribution in [3.05, 3.63) is 52.0 Å². The number of amides is 1. The Kier molecular flexibility index (Phi) is 6.08. The van der Waals surface area contributed by atoms with Crippen LogP contribution < -0.4 is 14.8 Å². The summed E-state index contributed by atoms with van der Waals surface area (Å²) in [4.78, 5) is 12.6. The lowest BCUT2D eigenvalue weighted by molar-refractivity contribution is -0.122. The smallest absolute Gasteiger partial charge is 0.266 e. The minimum absolute atomic E-state index is 0.221. The first-order chi connectivity index (χ1) is 13.8. The van der Waals surface area contributed by atoms with E-state index < -0.39 is 6.10 Å². The van der Waals surface area contributed by atoms with Crippen LogP contribution in [-0.2, 0) is 4.79 Å². The minimum atomic E-state index is -0.767. The zero-order chi connectivity index (χ0) is 21.1. The van der Waals surface area contributed by atoms with Crippen molar-refractivity contribution in [3.8, 4) is 22.8 Å². The Morgan fingerprint density at radius 3 is 2.41 bits per heavy atom. The SMILES string of the molecule is COc1ccc(-c2nonc2NC(=O)[C@@H](C)Oc2cc(C)c(Cl)c(C)c2)cc1C. The summed E-state index contributed by atoms with van der Waals surface area (Å²) in [6, 6.07) is 9.11. The first-order valence-corrected chi connectivity index (χ1v) is 9.39. The third-order valence-electron chi connectivity index (χ3n) is 4.49. The second kappa shape index (κ2) is 8.53. The van der Waals surface area contributed by atoms with Gasteiger partial charge in [-0.05, 0) is 85.0 Å². The highest BCUT2D eigenvalue weighted by Gasteiger charge is 2.21. The largest absolute Gasteiger partial charge is 0.496 e. The Morgan fingerprint density at radius 1 is 1.10 bits per heavy atom. The van der Waals surface area contributed by atoms with Crippen LogP contribution >= 0.6 is 11.6 Å². The molecule has 0 aliphatic carbocycles. The van der Waals surface area contributed by atoms with Gasteiger partial charge in [0.2, 0.25) is 5.82 Å². The molecule has 0 spiro atoms. The zero-order valence-electron chi connectivity index (χ0n) is 16.9. The fraction of sp³-hybridized carbons (Fsp3) is 0.286. The van der Waals surface area contributed by atoms with Crippen LogP contribution in [0.15, 0.2) is 35.0 Å². The van der Waals surface area contributed by atoms with E-state index in [0.29, 0.717) is 16.5 Å². The molecule has 0 bridgehead atoms. The molecule has 0 aliphatic rings. The molecule has 7 nitrogen and oxygen atoms in total. The molecular formula is C21H22ClN3O4. The van der Waals surface area contributed by atoms with Crippen LogP contribution in [0.2, 0.25) is 5.02 Å². The van der Waals surface area contributed by atoms with Crippen LogP contribution in [0.5, 0.6) is 11.5 Å². The first kappa shape index (κ1) is 20.7. The summed E-state index contributed by atoms with van der Waals surface area (Å²) in [5.74, 6) is 1.17. The van der Waals surface area contributed by atoms with Gasteiger partial charge in [-0.3, -0.25) is 4.79 Å². The molecule has 0 saturated heterocycles. The lowest BCUT2D eigenvalue weighted by Crippen LogP contribution is -2.30. The highest BCUT2D eigenvalue weighted by atomic mass is 35.5. The summed E-state index contributed by atoms with van der Waals surface area (Å²) in [7, 11) is 1.61. The van der Waals surface area contributed by atoms with Crippen LogP contribution in [0, 0.1) is 20.8 Å².